The van der Waals surface area contributed by atoms with Gasteiger partial charge in [-0.15, -0.1) is 0 Å². The average Bonchev–Trinajstić information content (AvgIpc) is 3.04. The second kappa shape index (κ2) is 7.68. The van der Waals surface area contributed by atoms with Gasteiger partial charge in [-0.1, -0.05) is 6.07 Å². The number of hydrogen-bond acceptors (Lipinski definition) is 6. The monoisotopic (exact) mass is 386 g/mol. The average molecular weight is 386 g/mol. The molecule has 0 saturated heterocycles. The molecule has 4 N–H and O–H groups in total. The van der Waals surface area contributed by atoms with Crippen molar-refractivity contribution in [3.8, 4) is 6.07 Å². The molecule has 7 heteroatoms. The van der Waals surface area contributed by atoms with Crippen LogP contribution in [0.3, 0.4) is 0 Å². The van der Waals surface area contributed by atoms with Crippen LogP contribution in [0, 0.1) is 11.3 Å². The summed E-state index contributed by atoms with van der Waals surface area (Å²) in [6, 6.07) is 12.1. The molecule has 0 spiro atoms. The molecule has 146 valence electrons. The van der Waals surface area contributed by atoms with Crippen LogP contribution in [0.25, 0.3) is 5.57 Å². The Kier molecular flexibility index (Phi) is 4.92. The fourth-order valence-corrected chi connectivity index (χ4v) is 3.93. The van der Waals surface area contributed by atoms with Gasteiger partial charge >= 0.3 is 0 Å². The molecular formula is C22H22N6O. The van der Waals surface area contributed by atoms with Gasteiger partial charge in [0.15, 0.2) is 0 Å². The van der Waals surface area contributed by atoms with E-state index in [2.05, 4.69) is 26.6 Å². The molecule has 2 heterocycles. The van der Waals surface area contributed by atoms with Gasteiger partial charge in [0.1, 0.15) is 0 Å². The van der Waals surface area contributed by atoms with E-state index in [9.17, 15) is 10.1 Å². The first-order valence-electron chi connectivity index (χ1n) is 9.52. The van der Waals surface area contributed by atoms with Crippen LogP contribution in [0.2, 0.25) is 0 Å². The number of rotatable bonds is 3. The summed E-state index contributed by atoms with van der Waals surface area (Å²) in [7, 11) is 1.68. The van der Waals surface area contributed by atoms with Crippen molar-refractivity contribution < 1.29 is 4.79 Å². The summed E-state index contributed by atoms with van der Waals surface area (Å²) in [5.41, 5.74) is 12.7. The molecule has 0 unspecified atom stereocenters. The summed E-state index contributed by atoms with van der Waals surface area (Å²) in [5, 5.41) is 16.1. The van der Waals surface area contributed by atoms with E-state index < -0.39 is 0 Å². The zero-order chi connectivity index (χ0) is 20.4. The standard InChI is InChI=1S/C22H22N6O/c1-25-13-16(12-24)17-9-14-6-8-28(20(14)10-15(17)11-23)19-4-2-3-18-22(19)26-7-5-21(29)27-18/h2-4,9-10,12-13,26H,5-8,24H2,1H3,(H,27,29). The molecule has 2 aromatic carbocycles. The maximum Gasteiger partial charge on any atom is 0.226 e. The van der Waals surface area contributed by atoms with Crippen molar-refractivity contribution in [2.24, 2.45) is 10.7 Å². The predicted octanol–water partition coefficient (Wildman–Crippen LogP) is 3.01. The Hall–Kier alpha value is -3.79. The van der Waals surface area contributed by atoms with Gasteiger partial charge in [-0.2, -0.15) is 5.26 Å². The largest absolute Gasteiger partial charge is 0.404 e. The maximum absolute atomic E-state index is 11.9. The number of anilines is 4. The van der Waals surface area contributed by atoms with E-state index in [1.807, 2.05) is 30.3 Å². The highest BCUT2D eigenvalue weighted by Crippen LogP contribution is 2.43. The lowest BCUT2D eigenvalue weighted by atomic mass is 9.97. The van der Waals surface area contributed by atoms with Gasteiger partial charge in [-0.25, -0.2) is 0 Å². The number of nitrogens with zero attached hydrogens (tertiary/aromatic N) is 3. The molecule has 0 aromatic heterocycles. The van der Waals surface area contributed by atoms with E-state index in [1.165, 1.54) is 6.20 Å². The van der Waals surface area contributed by atoms with Gasteiger partial charge in [0.2, 0.25) is 5.91 Å². The van der Waals surface area contributed by atoms with E-state index in [-0.39, 0.29) is 5.91 Å². The van der Waals surface area contributed by atoms with Gasteiger partial charge in [0, 0.05) is 55.8 Å². The number of nitrogens with two attached hydrogens (primary N) is 1. The summed E-state index contributed by atoms with van der Waals surface area (Å²) in [6.45, 7) is 1.37. The molecule has 29 heavy (non-hydrogen) atoms. The summed E-state index contributed by atoms with van der Waals surface area (Å²) in [6.07, 6.45) is 4.43. The van der Waals surface area contributed by atoms with Crippen LogP contribution in [-0.2, 0) is 11.2 Å². The molecule has 1 amide bonds. The van der Waals surface area contributed by atoms with Crippen LogP contribution in [0.4, 0.5) is 22.7 Å². The Balaban J connectivity index is 1.80. The smallest absolute Gasteiger partial charge is 0.226 e. The first-order valence-corrected chi connectivity index (χ1v) is 9.52. The van der Waals surface area contributed by atoms with Crippen LogP contribution >= 0.6 is 0 Å². The SMILES string of the molecule is CN=CC(=CN)c1cc2c(cc1C#N)N(c1cccc3c1NCCC(=O)N3)CC2. The Morgan fingerprint density at radius 3 is 2.93 bits per heavy atom. The highest BCUT2D eigenvalue weighted by Gasteiger charge is 2.26. The second-order valence-electron chi connectivity index (χ2n) is 6.97. The number of nitrogens with one attached hydrogen (secondary N) is 2. The van der Waals surface area contributed by atoms with Crippen LogP contribution in [0.5, 0.6) is 0 Å². The van der Waals surface area contributed by atoms with Gasteiger partial charge in [0.05, 0.1) is 28.7 Å². The molecule has 2 aliphatic heterocycles. The normalized spacial score (nSPS) is 15.9. The number of allylic oxidation sites excluding steroid dienone is 1. The lowest BCUT2D eigenvalue weighted by Gasteiger charge is -2.24. The number of carbonyl (C=O) groups is 1. The van der Waals surface area contributed by atoms with Crippen molar-refractivity contribution >= 4 is 40.4 Å². The molecule has 0 bridgehead atoms. The number of carbonyl (C=O) groups excluding carboxylic acids is 1. The van der Waals surface area contributed by atoms with Crippen LogP contribution in [0.15, 0.2) is 41.5 Å². The summed E-state index contributed by atoms with van der Waals surface area (Å²) >= 11 is 0. The van der Waals surface area contributed by atoms with Crippen molar-refractivity contribution in [1.29, 1.82) is 5.26 Å². The van der Waals surface area contributed by atoms with E-state index in [4.69, 9.17) is 5.73 Å². The topological polar surface area (TPSA) is 107 Å². The predicted molar refractivity (Wildman–Crippen MR) is 117 cm³/mol. The number of aliphatic imine (C=N–C) groups is 1. The van der Waals surface area contributed by atoms with Gasteiger partial charge < -0.3 is 21.3 Å². The van der Waals surface area contributed by atoms with E-state index in [0.29, 0.717) is 18.5 Å². The zero-order valence-corrected chi connectivity index (χ0v) is 16.2. The number of hydrogen-bond donors (Lipinski definition) is 3. The first-order chi connectivity index (χ1) is 14.2. The third-order valence-corrected chi connectivity index (χ3v) is 5.25. The van der Waals surface area contributed by atoms with E-state index in [0.717, 1.165) is 52.4 Å². The highest BCUT2D eigenvalue weighted by molar-refractivity contribution is 6.11. The van der Waals surface area contributed by atoms with Gasteiger partial charge in [0.25, 0.3) is 0 Å². The number of para-hydroxylation sites is 1. The van der Waals surface area contributed by atoms with Crippen molar-refractivity contribution in [3.05, 3.63) is 53.2 Å². The molecule has 0 radical (unpaired) electrons. The fraction of sp³-hybridized carbons (Fsp3) is 0.227. The molecule has 2 aliphatic rings. The van der Waals surface area contributed by atoms with Crippen LogP contribution in [-0.4, -0.2) is 32.3 Å². The third-order valence-electron chi connectivity index (χ3n) is 5.25. The van der Waals surface area contributed by atoms with Crippen molar-refractivity contribution in [2.75, 3.05) is 35.7 Å². The minimum absolute atomic E-state index is 0.00493. The summed E-state index contributed by atoms with van der Waals surface area (Å²) in [4.78, 5) is 18.2. The molecule has 0 saturated carbocycles. The summed E-state index contributed by atoms with van der Waals surface area (Å²) < 4.78 is 0. The zero-order valence-electron chi connectivity index (χ0n) is 16.2. The van der Waals surface area contributed by atoms with Gasteiger partial charge in [-0.3, -0.25) is 9.79 Å². The minimum Gasteiger partial charge on any atom is -0.404 e. The van der Waals surface area contributed by atoms with Crippen LogP contribution in [0.1, 0.15) is 23.1 Å². The van der Waals surface area contributed by atoms with Crippen molar-refractivity contribution in [1.82, 2.24) is 0 Å². The van der Waals surface area contributed by atoms with Gasteiger partial charge in [-0.05, 0) is 36.2 Å². The molecule has 0 aliphatic carbocycles. The molecular weight excluding hydrogens is 364 g/mol. The Morgan fingerprint density at radius 1 is 1.31 bits per heavy atom. The number of amides is 1. The summed E-state index contributed by atoms with van der Waals surface area (Å²) in [5.74, 6) is 0.00493. The molecule has 2 aromatic rings. The Labute approximate surface area is 169 Å². The molecule has 0 atom stereocenters. The Bertz CT molecular complexity index is 1080. The fourth-order valence-electron chi connectivity index (χ4n) is 3.93. The molecule has 0 fully saturated rings. The number of benzene rings is 2. The minimum atomic E-state index is 0.00493. The van der Waals surface area contributed by atoms with Crippen molar-refractivity contribution in [2.45, 2.75) is 12.8 Å². The quantitative estimate of drug-likeness (QED) is 0.703. The maximum atomic E-state index is 11.9. The number of nitriles is 1. The van der Waals surface area contributed by atoms with Crippen molar-refractivity contribution in [3.63, 3.8) is 0 Å². The highest BCUT2D eigenvalue weighted by atomic mass is 16.1. The Morgan fingerprint density at radius 2 is 2.17 bits per heavy atom. The number of fused-ring (bicyclic) bond motifs is 2. The second-order valence-corrected chi connectivity index (χ2v) is 6.97. The molecule has 7 nitrogen and oxygen atoms in total. The lowest BCUT2D eigenvalue weighted by Crippen LogP contribution is -2.16. The van der Waals surface area contributed by atoms with E-state index in [1.54, 1.807) is 13.3 Å². The lowest BCUT2D eigenvalue weighted by molar-refractivity contribution is -0.115. The third kappa shape index (κ3) is 3.29. The molecule has 4 rings (SSSR count). The van der Waals surface area contributed by atoms with E-state index >= 15 is 0 Å². The first kappa shape index (κ1) is 18.6. The van der Waals surface area contributed by atoms with Crippen LogP contribution < -0.4 is 21.3 Å².